The molecule has 0 bridgehead atoms. The molecule has 0 aliphatic carbocycles. The van der Waals surface area contributed by atoms with Crippen molar-refractivity contribution >= 4 is 28.7 Å². The summed E-state index contributed by atoms with van der Waals surface area (Å²) in [5.41, 5.74) is 2.42. The Balaban J connectivity index is 1.66. The zero-order valence-corrected chi connectivity index (χ0v) is 18.7. The number of fused-ring (bicyclic) bond motifs is 6. The molecule has 2 amide bonds. The molecule has 4 aromatic rings. The third-order valence-corrected chi connectivity index (χ3v) is 6.71. The van der Waals surface area contributed by atoms with Gasteiger partial charge in [0, 0.05) is 29.1 Å². The molecule has 2 heterocycles. The highest BCUT2D eigenvalue weighted by Crippen LogP contribution is 2.49. The number of carbonyl (C=O) groups excluding carboxylic acids is 2. The lowest BCUT2D eigenvalue weighted by Gasteiger charge is -2.37. The molecule has 2 aliphatic rings. The molecule has 0 saturated carbocycles. The van der Waals surface area contributed by atoms with Crippen molar-refractivity contribution in [2.45, 2.75) is 5.60 Å². The number of hydrogen-bond acceptors (Lipinski definition) is 4. The van der Waals surface area contributed by atoms with E-state index in [2.05, 4.69) is 0 Å². The first-order chi connectivity index (χ1) is 16.5. The first kappa shape index (κ1) is 20.2. The van der Waals surface area contributed by atoms with Crippen LogP contribution >= 0.6 is 0 Å². The molecule has 0 N–H and O–H groups in total. The first-order valence-corrected chi connectivity index (χ1v) is 11.0. The van der Waals surface area contributed by atoms with Gasteiger partial charge in [-0.25, -0.2) is 0 Å². The Bertz CT molecular complexity index is 1510. The number of benzene rings is 4. The normalized spacial score (nSPS) is 18.6. The van der Waals surface area contributed by atoms with Crippen LogP contribution in [-0.2, 0) is 5.60 Å². The molecule has 0 radical (unpaired) electrons. The second-order valence-corrected chi connectivity index (χ2v) is 8.47. The lowest BCUT2D eigenvalue weighted by molar-refractivity contribution is 0.0693. The Hall–Kier alpha value is -4.38. The molecule has 0 saturated heterocycles. The molecular weight excluding hydrogens is 426 g/mol. The van der Waals surface area contributed by atoms with Gasteiger partial charge in [0.25, 0.3) is 11.8 Å². The van der Waals surface area contributed by atoms with E-state index in [0.29, 0.717) is 27.8 Å². The van der Waals surface area contributed by atoms with Crippen molar-refractivity contribution in [2.75, 3.05) is 14.2 Å². The van der Waals surface area contributed by atoms with Gasteiger partial charge in [-0.05, 0) is 29.7 Å². The van der Waals surface area contributed by atoms with E-state index in [1.165, 1.54) is 11.9 Å². The van der Waals surface area contributed by atoms with Crippen LogP contribution in [0, 0.1) is 0 Å². The van der Waals surface area contributed by atoms with Crippen LogP contribution in [-0.4, -0.2) is 30.9 Å². The lowest BCUT2D eigenvalue weighted by atomic mass is 9.82. The predicted octanol–water partition coefficient (Wildman–Crippen LogP) is 5.42. The first-order valence-electron chi connectivity index (χ1n) is 11.0. The Morgan fingerprint density at radius 1 is 0.765 bits per heavy atom. The number of rotatable bonds is 3. The van der Waals surface area contributed by atoms with Crippen LogP contribution in [0.4, 0.5) is 0 Å². The third-order valence-electron chi connectivity index (χ3n) is 6.71. The summed E-state index contributed by atoms with van der Waals surface area (Å²) < 4.78 is 12.3. The topological polar surface area (TPSA) is 55.8 Å². The zero-order valence-electron chi connectivity index (χ0n) is 18.7. The minimum absolute atomic E-state index is 0.289. The number of amides is 2. The van der Waals surface area contributed by atoms with Crippen LogP contribution < -0.4 is 9.47 Å². The Morgan fingerprint density at radius 3 is 2.09 bits per heavy atom. The van der Waals surface area contributed by atoms with Crippen molar-refractivity contribution in [2.24, 2.45) is 0 Å². The maximum atomic E-state index is 13.1. The molecule has 0 spiro atoms. The summed E-state index contributed by atoms with van der Waals surface area (Å²) in [6.45, 7) is 0. The Labute approximate surface area is 196 Å². The van der Waals surface area contributed by atoms with Crippen molar-refractivity contribution in [3.05, 3.63) is 113 Å². The average molecular weight is 447 g/mol. The molecule has 166 valence electrons. The van der Waals surface area contributed by atoms with Gasteiger partial charge in [-0.15, -0.1) is 0 Å². The van der Waals surface area contributed by atoms with Gasteiger partial charge in [0.1, 0.15) is 11.5 Å². The molecular formula is C29H21NO4. The number of imide groups is 1. The van der Waals surface area contributed by atoms with Gasteiger partial charge in [-0.2, -0.15) is 0 Å². The van der Waals surface area contributed by atoms with Crippen molar-refractivity contribution in [3.8, 4) is 11.5 Å². The SMILES string of the molecule is COc1ccc(C2(c3ccccc3)C=Cc3c4c(c5ccccc5c3O2)C(=O)N(C)C4=O)cc1. The van der Waals surface area contributed by atoms with Gasteiger partial charge >= 0.3 is 0 Å². The number of ether oxygens (including phenoxy) is 2. The maximum absolute atomic E-state index is 13.1. The zero-order chi connectivity index (χ0) is 23.4. The van der Waals surface area contributed by atoms with E-state index in [9.17, 15) is 9.59 Å². The monoisotopic (exact) mass is 447 g/mol. The van der Waals surface area contributed by atoms with E-state index in [0.717, 1.165) is 22.3 Å². The standard InChI is InChI=1S/C29H21NO4/c1-30-27(31)24-21-10-6-7-11-22(21)26-23(25(24)28(30)32)16-17-29(34-26,18-8-4-3-5-9-18)19-12-14-20(33-2)15-13-19/h3-17H,1-2H3. The minimum atomic E-state index is -0.922. The summed E-state index contributed by atoms with van der Waals surface area (Å²) in [7, 11) is 3.15. The highest BCUT2D eigenvalue weighted by molar-refractivity contribution is 6.28. The molecule has 1 atom stereocenters. The fraction of sp³-hybridized carbons (Fsp3) is 0.103. The fourth-order valence-electron chi connectivity index (χ4n) is 4.96. The largest absolute Gasteiger partial charge is 0.497 e. The number of hydrogen-bond donors (Lipinski definition) is 0. The van der Waals surface area contributed by atoms with Gasteiger partial charge in [-0.1, -0.05) is 66.7 Å². The molecule has 1 unspecified atom stereocenters. The van der Waals surface area contributed by atoms with Crippen LogP contribution in [0.25, 0.3) is 16.8 Å². The molecule has 5 nitrogen and oxygen atoms in total. The Morgan fingerprint density at radius 2 is 1.38 bits per heavy atom. The van der Waals surface area contributed by atoms with Crippen LogP contribution in [0.15, 0.2) is 84.9 Å². The van der Waals surface area contributed by atoms with Gasteiger partial charge in [0.15, 0.2) is 5.60 Å². The summed E-state index contributed by atoms with van der Waals surface area (Å²) >= 11 is 0. The number of carbonyl (C=O) groups is 2. The van der Waals surface area contributed by atoms with E-state index in [4.69, 9.17) is 9.47 Å². The van der Waals surface area contributed by atoms with Gasteiger partial charge in [-0.3, -0.25) is 14.5 Å². The summed E-state index contributed by atoms with van der Waals surface area (Å²) in [5.74, 6) is 0.741. The molecule has 5 heteroatoms. The van der Waals surface area contributed by atoms with Crippen LogP contribution in [0.5, 0.6) is 11.5 Å². The van der Waals surface area contributed by atoms with Crippen LogP contribution in [0.3, 0.4) is 0 Å². The molecule has 0 fully saturated rings. The van der Waals surface area contributed by atoms with E-state index in [1.54, 1.807) is 7.11 Å². The maximum Gasteiger partial charge on any atom is 0.262 e. The van der Waals surface area contributed by atoms with E-state index in [1.807, 2.05) is 91.0 Å². The molecule has 2 aliphatic heterocycles. The highest BCUT2D eigenvalue weighted by Gasteiger charge is 2.43. The second-order valence-electron chi connectivity index (χ2n) is 8.47. The van der Waals surface area contributed by atoms with Gasteiger partial charge in [0.2, 0.25) is 0 Å². The van der Waals surface area contributed by atoms with Crippen LogP contribution in [0.2, 0.25) is 0 Å². The molecule has 0 aromatic heterocycles. The lowest BCUT2D eigenvalue weighted by Crippen LogP contribution is -2.34. The quantitative estimate of drug-likeness (QED) is 0.394. The van der Waals surface area contributed by atoms with Gasteiger partial charge < -0.3 is 9.47 Å². The second kappa shape index (κ2) is 7.32. The number of methoxy groups -OCH3 is 1. The van der Waals surface area contributed by atoms with Crippen molar-refractivity contribution in [1.29, 1.82) is 0 Å². The number of nitrogens with zero attached hydrogens (tertiary/aromatic N) is 1. The van der Waals surface area contributed by atoms with E-state index in [-0.39, 0.29) is 11.8 Å². The van der Waals surface area contributed by atoms with Crippen LogP contribution in [0.1, 0.15) is 37.4 Å². The predicted molar refractivity (Wildman–Crippen MR) is 130 cm³/mol. The average Bonchev–Trinajstić information content (AvgIpc) is 3.13. The van der Waals surface area contributed by atoms with Crippen molar-refractivity contribution < 1.29 is 19.1 Å². The highest BCUT2D eigenvalue weighted by atomic mass is 16.5. The molecule has 4 aromatic carbocycles. The van der Waals surface area contributed by atoms with E-state index >= 15 is 0 Å². The smallest absolute Gasteiger partial charge is 0.262 e. The van der Waals surface area contributed by atoms with E-state index < -0.39 is 5.60 Å². The summed E-state index contributed by atoms with van der Waals surface area (Å²) in [5, 5.41) is 1.51. The summed E-state index contributed by atoms with van der Waals surface area (Å²) in [4.78, 5) is 27.2. The van der Waals surface area contributed by atoms with Crippen molar-refractivity contribution in [3.63, 3.8) is 0 Å². The summed E-state index contributed by atoms with van der Waals surface area (Å²) in [6.07, 6.45) is 3.89. The third kappa shape index (κ3) is 2.67. The fourth-order valence-corrected chi connectivity index (χ4v) is 4.96. The Kier molecular flexibility index (Phi) is 4.36. The van der Waals surface area contributed by atoms with Gasteiger partial charge in [0.05, 0.1) is 18.2 Å². The minimum Gasteiger partial charge on any atom is -0.497 e. The molecule has 34 heavy (non-hydrogen) atoms. The molecule has 6 rings (SSSR count). The van der Waals surface area contributed by atoms with Crippen molar-refractivity contribution in [1.82, 2.24) is 4.90 Å². The summed E-state index contributed by atoms with van der Waals surface area (Å²) in [6, 6.07) is 25.4.